The van der Waals surface area contributed by atoms with Crippen molar-refractivity contribution >= 4 is 16.8 Å². The number of aryl methyl sites for hydroxylation is 1. The fraction of sp³-hybridized carbons (Fsp3) is 0.318. The van der Waals surface area contributed by atoms with Crippen LogP contribution < -0.4 is 4.74 Å². The van der Waals surface area contributed by atoms with Gasteiger partial charge < -0.3 is 14.6 Å². The maximum atomic E-state index is 12.9. The van der Waals surface area contributed by atoms with Crippen molar-refractivity contribution in [3.8, 4) is 5.75 Å². The lowest BCUT2D eigenvalue weighted by Gasteiger charge is -2.34. The second kappa shape index (κ2) is 7.45. The maximum Gasteiger partial charge on any atom is 0.270 e. The van der Waals surface area contributed by atoms with Crippen molar-refractivity contribution in [3.63, 3.8) is 0 Å². The zero-order valence-electron chi connectivity index (χ0n) is 15.9. The van der Waals surface area contributed by atoms with E-state index in [2.05, 4.69) is 41.1 Å². The van der Waals surface area contributed by atoms with E-state index >= 15 is 0 Å². The number of rotatable bonds is 4. The van der Waals surface area contributed by atoms with Crippen LogP contribution in [0.3, 0.4) is 0 Å². The number of H-pyrrole nitrogens is 1. The predicted molar refractivity (Wildman–Crippen MR) is 107 cm³/mol. The number of piperazine rings is 1. The number of aromatic amines is 1. The first-order valence-electron chi connectivity index (χ1n) is 9.36. The van der Waals surface area contributed by atoms with Crippen molar-refractivity contribution in [1.82, 2.24) is 14.8 Å². The van der Waals surface area contributed by atoms with Gasteiger partial charge >= 0.3 is 0 Å². The summed E-state index contributed by atoms with van der Waals surface area (Å²) in [6.07, 6.45) is 0. The van der Waals surface area contributed by atoms with E-state index in [1.54, 1.807) is 7.11 Å². The summed E-state index contributed by atoms with van der Waals surface area (Å²) in [5, 5.41) is 1.03. The number of hydrogen-bond acceptors (Lipinski definition) is 3. The molecule has 0 saturated carbocycles. The molecule has 1 aromatic heterocycles. The zero-order chi connectivity index (χ0) is 18.8. The zero-order valence-corrected chi connectivity index (χ0v) is 15.9. The van der Waals surface area contributed by atoms with Crippen LogP contribution in [0.4, 0.5) is 0 Å². The summed E-state index contributed by atoms with van der Waals surface area (Å²) < 4.78 is 5.26. The molecule has 0 spiro atoms. The first-order chi connectivity index (χ1) is 13.1. The average molecular weight is 363 g/mol. The molecule has 4 rings (SSSR count). The van der Waals surface area contributed by atoms with Crippen molar-refractivity contribution in [3.05, 3.63) is 65.4 Å². The maximum absolute atomic E-state index is 12.9. The number of nitrogens with zero attached hydrogens (tertiary/aromatic N) is 2. The third-order valence-corrected chi connectivity index (χ3v) is 5.21. The fourth-order valence-corrected chi connectivity index (χ4v) is 3.70. The molecule has 0 bridgehead atoms. The van der Waals surface area contributed by atoms with Crippen molar-refractivity contribution in [2.45, 2.75) is 13.5 Å². The van der Waals surface area contributed by atoms with Crippen LogP contribution >= 0.6 is 0 Å². The predicted octanol–water partition coefficient (Wildman–Crippen LogP) is 3.44. The molecule has 0 atom stereocenters. The van der Waals surface area contributed by atoms with Gasteiger partial charge in [-0.05, 0) is 30.7 Å². The van der Waals surface area contributed by atoms with Gasteiger partial charge in [0.25, 0.3) is 5.91 Å². The first-order valence-corrected chi connectivity index (χ1v) is 9.36. The third kappa shape index (κ3) is 3.83. The molecule has 140 valence electrons. The number of aromatic nitrogens is 1. The van der Waals surface area contributed by atoms with Gasteiger partial charge in [-0.2, -0.15) is 0 Å². The molecule has 5 nitrogen and oxygen atoms in total. The Bertz CT molecular complexity index is 955. The van der Waals surface area contributed by atoms with Crippen LogP contribution in [0.5, 0.6) is 5.75 Å². The highest BCUT2D eigenvalue weighted by Gasteiger charge is 2.23. The number of amides is 1. The number of carbonyl (C=O) groups excluding carboxylic acids is 1. The number of methoxy groups -OCH3 is 1. The van der Waals surface area contributed by atoms with Gasteiger partial charge in [-0.3, -0.25) is 9.69 Å². The molecule has 5 heteroatoms. The summed E-state index contributed by atoms with van der Waals surface area (Å²) in [4.78, 5) is 20.5. The monoisotopic (exact) mass is 363 g/mol. The van der Waals surface area contributed by atoms with Crippen molar-refractivity contribution < 1.29 is 9.53 Å². The Labute approximate surface area is 159 Å². The molecule has 0 aliphatic carbocycles. The van der Waals surface area contributed by atoms with Gasteiger partial charge in [0.2, 0.25) is 0 Å². The largest absolute Gasteiger partial charge is 0.497 e. The summed E-state index contributed by atoms with van der Waals surface area (Å²) in [5.41, 5.74) is 4.19. The lowest BCUT2D eigenvalue weighted by atomic mass is 10.1. The van der Waals surface area contributed by atoms with Crippen LogP contribution in [0, 0.1) is 6.92 Å². The number of benzene rings is 2. The Balaban J connectivity index is 1.39. The van der Waals surface area contributed by atoms with Crippen LogP contribution in [0.25, 0.3) is 10.9 Å². The highest BCUT2D eigenvalue weighted by Crippen LogP contribution is 2.22. The number of nitrogens with one attached hydrogen (secondary N) is 1. The molecule has 27 heavy (non-hydrogen) atoms. The van der Waals surface area contributed by atoms with Gasteiger partial charge in [-0.1, -0.05) is 29.8 Å². The van der Waals surface area contributed by atoms with E-state index in [1.165, 1.54) is 11.1 Å². The van der Waals surface area contributed by atoms with Gasteiger partial charge in [0.05, 0.1) is 7.11 Å². The molecule has 1 amide bonds. The minimum Gasteiger partial charge on any atom is -0.497 e. The normalized spacial score (nSPS) is 15.3. The molecule has 3 aromatic rings. The Morgan fingerprint density at radius 2 is 1.89 bits per heavy atom. The first kappa shape index (κ1) is 17.6. The van der Waals surface area contributed by atoms with Crippen molar-refractivity contribution in [1.29, 1.82) is 0 Å². The smallest absolute Gasteiger partial charge is 0.270 e. The minimum absolute atomic E-state index is 0.0698. The number of fused-ring (bicyclic) bond motifs is 1. The SMILES string of the molecule is COc1ccc2cc(C(=O)N3CCN(Cc4cccc(C)c4)CC3)[nH]c2c1. The highest BCUT2D eigenvalue weighted by molar-refractivity contribution is 5.98. The van der Waals surface area contributed by atoms with E-state index in [4.69, 9.17) is 4.74 Å². The number of hydrogen-bond donors (Lipinski definition) is 1. The highest BCUT2D eigenvalue weighted by atomic mass is 16.5. The summed E-state index contributed by atoms with van der Waals surface area (Å²) in [6.45, 7) is 6.36. The second-order valence-corrected chi connectivity index (χ2v) is 7.19. The number of carbonyl (C=O) groups is 1. The van der Waals surface area contributed by atoms with Crippen molar-refractivity contribution in [2.24, 2.45) is 0 Å². The molecular weight excluding hydrogens is 338 g/mol. The van der Waals surface area contributed by atoms with Gasteiger partial charge in [-0.25, -0.2) is 0 Å². The fourth-order valence-electron chi connectivity index (χ4n) is 3.70. The van der Waals surface area contributed by atoms with Gasteiger partial charge in [0, 0.05) is 49.7 Å². The van der Waals surface area contributed by atoms with Crippen LogP contribution in [-0.2, 0) is 6.54 Å². The Kier molecular flexibility index (Phi) is 4.86. The molecule has 1 aliphatic heterocycles. The second-order valence-electron chi connectivity index (χ2n) is 7.19. The minimum atomic E-state index is 0.0698. The quantitative estimate of drug-likeness (QED) is 0.772. The van der Waals surface area contributed by atoms with Crippen LogP contribution in [0.1, 0.15) is 21.6 Å². The van der Waals surface area contributed by atoms with Gasteiger partial charge in [0.15, 0.2) is 0 Å². The van der Waals surface area contributed by atoms with E-state index in [-0.39, 0.29) is 5.91 Å². The average Bonchev–Trinajstić information content (AvgIpc) is 3.11. The van der Waals surface area contributed by atoms with Crippen molar-refractivity contribution in [2.75, 3.05) is 33.3 Å². The molecule has 1 saturated heterocycles. The van der Waals surface area contributed by atoms with E-state index in [9.17, 15) is 4.79 Å². The molecule has 0 unspecified atom stereocenters. The third-order valence-electron chi connectivity index (χ3n) is 5.21. The van der Waals surface area contributed by atoms with Crippen LogP contribution in [-0.4, -0.2) is 54.0 Å². The lowest BCUT2D eigenvalue weighted by molar-refractivity contribution is 0.0623. The topological polar surface area (TPSA) is 48.6 Å². The summed E-state index contributed by atoms with van der Waals surface area (Å²) in [6, 6.07) is 16.4. The molecule has 2 heterocycles. The molecule has 1 fully saturated rings. The summed E-state index contributed by atoms with van der Waals surface area (Å²) in [5.74, 6) is 0.855. The molecule has 1 aliphatic rings. The Morgan fingerprint density at radius 1 is 1.07 bits per heavy atom. The van der Waals surface area contributed by atoms with E-state index in [0.29, 0.717) is 5.69 Å². The van der Waals surface area contributed by atoms with E-state index < -0.39 is 0 Å². The Hall–Kier alpha value is -2.79. The van der Waals surface area contributed by atoms with E-state index in [1.807, 2.05) is 29.2 Å². The molecule has 1 N–H and O–H groups in total. The summed E-state index contributed by atoms with van der Waals surface area (Å²) >= 11 is 0. The van der Waals surface area contributed by atoms with Crippen LogP contribution in [0.2, 0.25) is 0 Å². The molecule has 0 radical (unpaired) electrons. The molecule has 2 aromatic carbocycles. The van der Waals surface area contributed by atoms with Gasteiger partial charge in [0.1, 0.15) is 11.4 Å². The molecular formula is C22H25N3O2. The standard InChI is InChI=1S/C22H25N3O2/c1-16-4-3-5-17(12-16)15-24-8-10-25(11-9-24)22(26)21-13-18-6-7-19(27-2)14-20(18)23-21/h3-7,12-14,23H,8-11,15H2,1-2H3. The Morgan fingerprint density at radius 3 is 2.63 bits per heavy atom. The summed E-state index contributed by atoms with van der Waals surface area (Å²) in [7, 11) is 1.65. The number of ether oxygens (including phenoxy) is 1. The van der Waals surface area contributed by atoms with E-state index in [0.717, 1.165) is 49.4 Å². The lowest BCUT2D eigenvalue weighted by Crippen LogP contribution is -2.48. The van der Waals surface area contributed by atoms with Gasteiger partial charge in [-0.15, -0.1) is 0 Å². The van der Waals surface area contributed by atoms with Crippen LogP contribution in [0.15, 0.2) is 48.5 Å².